The van der Waals surface area contributed by atoms with Crippen LogP contribution in [0.25, 0.3) is 16.3 Å². The van der Waals surface area contributed by atoms with E-state index in [1.165, 1.54) is 67.1 Å². The fourth-order valence-corrected chi connectivity index (χ4v) is 4.79. The van der Waals surface area contributed by atoms with Crippen molar-refractivity contribution in [3.63, 3.8) is 0 Å². The minimum atomic E-state index is 0.611. The Bertz CT molecular complexity index is 821. The molecule has 0 saturated heterocycles. The largest absolute Gasteiger partial charge is 0.296 e. The fraction of sp³-hybridized carbons (Fsp3) is 0.417. The van der Waals surface area contributed by atoms with Crippen molar-refractivity contribution in [1.82, 2.24) is 4.90 Å². The third kappa shape index (κ3) is 2.95. The van der Waals surface area contributed by atoms with Crippen molar-refractivity contribution in [1.29, 1.82) is 0 Å². The van der Waals surface area contributed by atoms with Gasteiger partial charge in [-0.15, -0.1) is 0 Å². The van der Waals surface area contributed by atoms with Crippen LogP contribution < -0.4 is 0 Å². The monoisotopic (exact) mass is 331 g/mol. The predicted octanol–water partition coefficient (Wildman–Crippen LogP) is 5.99. The minimum Gasteiger partial charge on any atom is -0.296 e. The molecule has 0 spiro atoms. The molecule has 2 aromatic carbocycles. The fourth-order valence-electron chi connectivity index (χ4n) is 4.79. The third-order valence-corrected chi connectivity index (χ3v) is 5.83. The van der Waals surface area contributed by atoms with Crippen molar-refractivity contribution in [2.75, 3.05) is 13.1 Å². The lowest BCUT2D eigenvalue weighted by Gasteiger charge is -2.38. The Balaban J connectivity index is 1.79. The van der Waals surface area contributed by atoms with Crippen LogP contribution in [-0.4, -0.2) is 24.0 Å². The second-order valence-electron chi connectivity index (χ2n) is 7.44. The van der Waals surface area contributed by atoms with E-state index in [9.17, 15) is 0 Å². The van der Waals surface area contributed by atoms with E-state index in [-0.39, 0.29) is 0 Å². The van der Waals surface area contributed by atoms with E-state index in [2.05, 4.69) is 67.3 Å². The van der Waals surface area contributed by atoms with Gasteiger partial charge in [-0.25, -0.2) is 0 Å². The van der Waals surface area contributed by atoms with Gasteiger partial charge in [0, 0.05) is 6.04 Å². The van der Waals surface area contributed by atoms with Gasteiger partial charge in [0.2, 0.25) is 0 Å². The zero-order chi connectivity index (χ0) is 17.2. The summed E-state index contributed by atoms with van der Waals surface area (Å²) in [7, 11) is 0. The van der Waals surface area contributed by atoms with Crippen LogP contribution in [0.5, 0.6) is 0 Å². The van der Waals surface area contributed by atoms with Crippen LogP contribution in [0.4, 0.5) is 0 Å². The number of nitrogens with zero attached hydrogens (tertiary/aromatic N) is 1. The second-order valence-corrected chi connectivity index (χ2v) is 7.44. The van der Waals surface area contributed by atoms with Gasteiger partial charge in [0.05, 0.1) is 0 Å². The van der Waals surface area contributed by atoms with Gasteiger partial charge >= 0.3 is 0 Å². The summed E-state index contributed by atoms with van der Waals surface area (Å²) in [5.41, 5.74) is 6.24. The molecule has 0 amide bonds. The smallest absolute Gasteiger partial charge is 0.0351 e. The number of benzene rings is 2. The Morgan fingerprint density at radius 1 is 0.960 bits per heavy atom. The van der Waals surface area contributed by atoms with Crippen molar-refractivity contribution in [2.45, 2.75) is 52.0 Å². The van der Waals surface area contributed by atoms with E-state index in [1.807, 2.05) is 0 Å². The second kappa shape index (κ2) is 7.17. The first-order chi connectivity index (χ1) is 12.3. The molecule has 0 bridgehead atoms. The number of hydrogen-bond acceptors (Lipinski definition) is 1. The van der Waals surface area contributed by atoms with E-state index in [1.54, 1.807) is 11.1 Å². The Morgan fingerprint density at radius 2 is 1.76 bits per heavy atom. The van der Waals surface area contributed by atoms with Crippen molar-refractivity contribution in [3.8, 4) is 0 Å². The van der Waals surface area contributed by atoms with Gasteiger partial charge in [0.1, 0.15) is 0 Å². The summed E-state index contributed by atoms with van der Waals surface area (Å²) in [5, 5.41) is 2.82. The Morgan fingerprint density at radius 3 is 2.56 bits per heavy atom. The molecular weight excluding hydrogens is 302 g/mol. The summed E-state index contributed by atoms with van der Waals surface area (Å²) < 4.78 is 0. The van der Waals surface area contributed by atoms with E-state index in [0.717, 1.165) is 0 Å². The highest BCUT2D eigenvalue weighted by Gasteiger charge is 2.29. The SMILES string of the molecule is CCCN(CCC)[C@@H]1CC=CC2=C1CCc1c2ccc2ccccc12. The van der Waals surface area contributed by atoms with Gasteiger partial charge in [0.15, 0.2) is 0 Å². The van der Waals surface area contributed by atoms with Gasteiger partial charge in [-0.2, -0.15) is 0 Å². The Labute approximate surface area is 152 Å². The number of aryl methyl sites for hydroxylation is 1. The lowest BCUT2D eigenvalue weighted by molar-refractivity contribution is 0.218. The molecule has 1 heteroatoms. The van der Waals surface area contributed by atoms with E-state index in [4.69, 9.17) is 0 Å². The maximum atomic E-state index is 2.73. The zero-order valence-electron chi connectivity index (χ0n) is 15.6. The van der Waals surface area contributed by atoms with E-state index >= 15 is 0 Å². The molecule has 2 aliphatic rings. The predicted molar refractivity (Wildman–Crippen MR) is 109 cm³/mol. The average Bonchev–Trinajstić information content (AvgIpc) is 2.67. The number of fused-ring (bicyclic) bond motifs is 4. The first-order valence-electron chi connectivity index (χ1n) is 9.98. The molecule has 1 atom stereocenters. The molecule has 25 heavy (non-hydrogen) atoms. The molecule has 130 valence electrons. The minimum absolute atomic E-state index is 0.611. The van der Waals surface area contributed by atoms with E-state index in [0.29, 0.717) is 6.04 Å². The van der Waals surface area contributed by atoms with Crippen LogP contribution in [0.15, 0.2) is 54.1 Å². The van der Waals surface area contributed by atoms with Gasteiger partial charge in [-0.3, -0.25) is 4.90 Å². The number of hydrogen-bond donors (Lipinski definition) is 0. The van der Waals surface area contributed by atoms with Crippen LogP contribution in [0.1, 0.15) is 50.7 Å². The van der Waals surface area contributed by atoms with Crippen molar-refractivity contribution in [3.05, 3.63) is 65.3 Å². The van der Waals surface area contributed by atoms with Crippen molar-refractivity contribution < 1.29 is 0 Å². The summed E-state index contributed by atoms with van der Waals surface area (Å²) in [5.74, 6) is 0. The zero-order valence-corrected chi connectivity index (χ0v) is 15.6. The Hall–Kier alpha value is -1.86. The molecule has 2 aliphatic carbocycles. The first kappa shape index (κ1) is 16.6. The highest BCUT2D eigenvalue weighted by atomic mass is 15.1. The van der Waals surface area contributed by atoms with Crippen LogP contribution in [-0.2, 0) is 6.42 Å². The highest BCUT2D eigenvalue weighted by Crippen LogP contribution is 2.41. The summed E-state index contributed by atoms with van der Waals surface area (Å²) in [6.07, 6.45) is 10.9. The lowest BCUT2D eigenvalue weighted by atomic mass is 9.77. The molecule has 0 aliphatic heterocycles. The first-order valence-corrected chi connectivity index (χ1v) is 9.98. The molecule has 0 radical (unpaired) electrons. The molecule has 1 nitrogen and oxygen atoms in total. The molecule has 0 aromatic heterocycles. The molecule has 0 heterocycles. The maximum Gasteiger partial charge on any atom is 0.0351 e. The topological polar surface area (TPSA) is 3.24 Å². The van der Waals surface area contributed by atoms with Gasteiger partial charge < -0.3 is 0 Å². The summed E-state index contributed by atoms with van der Waals surface area (Å²) >= 11 is 0. The van der Waals surface area contributed by atoms with Gasteiger partial charge in [0.25, 0.3) is 0 Å². The standard InChI is InChI=1S/C24H29N/c1-3-16-25(17-4-2)24-11-7-10-20-22-13-12-18-8-5-6-9-19(18)21(22)14-15-23(20)24/h5-10,12-13,24H,3-4,11,14-17H2,1-2H3/t24-/m1/s1. The van der Waals surface area contributed by atoms with Crippen LogP contribution in [0, 0.1) is 0 Å². The molecule has 0 saturated carbocycles. The lowest BCUT2D eigenvalue weighted by Crippen LogP contribution is -2.39. The van der Waals surface area contributed by atoms with Crippen LogP contribution in [0.3, 0.4) is 0 Å². The molecule has 0 unspecified atom stereocenters. The Kier molecular flexibility index (Phi) is 4.76. The number of allylic oxidation sites excluding steroid dienone is 2. The third-order valence-electron chi connectivity index (χ3n) is 5.83. The molecule has 0 N–H and O–H groups in total. The summed E-state index contributed by atoms with van der Waals surface area (Å²) in [6, 6.07) is 14.1. The summed E-state index contributed by atoms with van der Waals surface area (Å²) in [6.45, 7) is 7.04. The average molecular weight is 332 g/mol. The number of rotatable bonds is 5. The van der Waals surface area contributed by atoms with Gasteiger partial charge in [-0.1, -0.05) is 62.4 Å². The van der Waals surface area contributed by atoms with Gasteiger partial charge in [-0.05, 0) is 78.2 Å². The van der Waals surface area contributed by atoms with Crippen LogP contribution in [0.2, 0.25) is 0 Å². The highest BCUT2D eigenvalue weighted by molar-refractivity contribution is 5.94. The van der Waals surface area contributed by atoms with Crippen molar-refractivity contribution >= 4 is 16.3 Å². The van der Waals surface area contributed by atoms with Crippen LogP contribution >= 0.6 is 0 Å². The quantitative estimate of drug-likeness (QED) is 0.650. The maximum absolute atomic E-state index is 2.73. The van der Waals surface area contributed by atoms with Crippen molar-refractivity contribution in [2.24, 2.45) is 0 Å². The normalized spacial score (nSPS) is 19.4. The molecule has 0 fully saturated rings. The summed E-state index contributed by atoms with van der Waals surface area (Å²) in [4.78, 5) is 2.73. The molecule has 4 rings (SSSR count). The van der Waals surface area contributed by atoms with E-state index < -0.39 is 0 Å². The molecule has 2 aromatic rings. The molecular formula is C24H29N.